The maximum absolute atomic E-state index is 10.8. The molecule has 1 rings (SSSR count). The number of carboxylic acid groups (broad SMARTS) is 1. The first-order valence-electron chi connectivity index (χ1n) is 4.61. The number of carboxylic acids is 1. The van der Waals surface area contributed by atoms with Crippen LogP contribution in [0.25, 0.3) is 0 Å². The van der Waals surface area contributed by atoms with E-state index in [9.17, 15) is 14.9 Å². The van der Waals surface area contributed by atoms with Gasteiger partial charge in [0.25, 0.3) is 0 Å². The molecule has 0 saturated heterocycles. The van der Waals surface area contributed by atoms with Gasteiger partial charge in [0.05, 0.1) is 4.92 Å². The van der Waals surface area contributed by atoms with Gasteiger partial charge in [-0.05, 0) is 0 Å². The van der Waals surface area contributed by atoms with Crippen LogP contribution in [0.4, 0.5) is 11.5 Å². The minimum atomic E-state index is -1.38. The lowest BCUT2D eigenvalue weighted by molar-refractivity contribution is -0.385. The van der Waals surface area contributed by atoms with Crippen LogP contribution >= 0.6 is 0 Å². The number of pyridine rings is 1. The highest BCUT2D eigenvalue weighted by atomic mass is 16.6. The zero-order valence-corrected chi connectivity index (χ0v) is 8.71. The summed E-state index contributed by atoms with van der Waals surface area (Å²) < 4.78 is 0. The van der Waals surface area contributed by atoms with E-state index < -0.39 is 22.1 Å². The van der Waals surface area contributed by atoms with Gasteiger partial charge in [0.2, 0.25) is 0 Å². The van der Waals surface area contributed by atoms with Gasteiger partial charge < -0.3 is 10.4 Å². The maximum Gasteiger partial charge on any atom is 0.342 e. The molecule has 0 aliphatic rings. The van der Waals surface area contributed by atoms with Gasteiger partial charge in [-0.2, -0.15) is 0 Å². The highest BCUT2D eigenvalue weighted by molar-refractivity contribution is 5.93. The monoisotopic (exact) mass is 235 g/mol. The number of hydrogen-bond donors (Lipinski definition) is 2. The van der Waals surface area contributed by atoms with Crippen LogP contribution in [-0.2, 0) is 0 Å². The van der Waals surface area contributed by atoms with Crippen molar-refractivity contribution in [3.63, 3.8) is 0 Å². The van der Waals surface area contributed by atoms with E-state index in [4.69, 9.17) is 11.5 Å². The van der Waals surface area contributed by atoms with Crippen molar-refractivity contribution >= 4 is 17.5 Å². The lowest BCUT2D eigenvalue weighted by atomic mass is 10.2. The Morgan fingerprint density at radius 2 is 2.41 bits per heavy atom. The molecule has 0 amide bonds. The van der Waals surface area contributed by atoms with E-state index in [-0.39, 0.29) is 5.82 Å². The Balaban J connectivity index is 2.98. The van der Waals surface area contributed by atoms with Crippen molar-refractivity contribution in [2.24, 2.45) is 0 Å². The van der Waals surface area contributed by atoms with Gasteiger partial charge in [-0.15, -0.1) is 12.3 Å². The van der Waals surface area contributed by atoms with Gasteiger partial charge in [0.15, 0.2) is 0 Å². The number of anilines is 1. The third kappa shape index (κ3) is 3.17. The first kappa shape index (κ1) is 12.4. The quantitative estimate of drug-likeness (QED) is 0.343. The second-order valence-corrected chi connectivity index (χ2v) is 3.03. The summed E-state index contributed by atoms with van der Waals surface area (Å²) in [5, 5.41) is 22.1. The molecule has 0 atom stereocenters. The molecular formula is C10H9N3O4. The molecular weight excluding hydrogens is 226 g/mol. The summed E-state index contributed by atoms with van der Waals surface area (Å²) in [5.74, 6) is 1.25. The van der Waals surface area contributed by atoms with Gasteiger partial charge in [-0.25, -0.2) is 9.78 Å². The summed E-state index contributed by atoms with van der Waals surface area (Å²) in [6, 6.07) is 1.11. The fraction of sp³-hybridized carbons (Fsp3) is 0.200. The van der Waals surface area contributed by atoms with Crippen LogP contribution in [-0.4, -0.2) is 27.5 Å². The first-order chi connectivity index (χ1) is 8.06. The lowest BCUT2D eigenvalue weighted by Gasteiger charge is -2.04. The number of rotatable bonds is 5. The summed E-state index contributed by atoms with van der Waals surface area (Å²) in [5.41, 5.74) is -0.951. The first-order valence-corrected chi connectivity index (χ1v) is 4.61. The standard InChI is InChI=1S/C10H9N3O4/c1-2-3-4-11-9-5-7(10(14)15)8(6-12-9)13(16)17/h1,5-6H,3-4H2,(H,11,12)(H,14,15). The minimum absolute atomic E-state index is 0.239. The third-order valence-corrected chi connectivity index (χ3v) is 1.89. The van der Waals surface area contributed by atoms with E-state index >= 15 is 0 Å². The Labute approximate surface area is 96.6 Å². The lowest BCUT2D eigenvalue weighted by Crippen LogP contribution is -2.07. The molecule has 7 heteroatoms. The van der Waals surface area contributed by atoms with Gasteiger partial charge in [0.1, 0.15) is 17.6 Å². The molecule has 0 saturated carbocycles. The minimum Gasteiger partial charge on any atom is -0.477 e. The number of hydrogen-bond acceptors (Lipinski definition) is 5. The molecule has 0 radical (unpaired) electrons. The van der Waals surface area contributed by atoms with Gasteiger partial charge in [-0.3, -0.25) is 10.1 Å². The molecule has 0 aliphatic heterocycles. The molecule has 0 aliphatic carbocycles. The Hall–Kier alpha value is -2.62. The fourth-order valence-corrected chi connectivity index (χ4v) is 1.12. The number of nitrogens with one attached hydrogen (secondary N) is 1. The number of aromatic carboxylic acids is 1. The Morgan fingerprint density at radius 3 is 2.94 bits per heavy atom. The summed E-state index contributed by atoms with van der Waals surface area (Å²) in [6.45, 7) is 0.417. The summed E-state index contributed by atoms with van der Waals surface area (Å²) >= 11 is 0. The topological polar surface area (TPSA) is 105 Å². The maximum atomic E-state index is 10.8. The number of nitrogens with zero attached hydrogens (tertiary/aromatic N) is 2. The van der Waals surface area contributed by atoms with E-state index in [1.54, 1.807) is 0 Å². The molecule has 0 bridgehead atoms. The zero-order chi connectivity index (χ0) is 12.8. The average Bonchev–Trinajstić information content (AvgIpc) is 2.29. The van der Waals surface area contributed by atoms with E-state index in [0.29, 0.717) is 13.0 Å². The van der Waals surface area contributed by atoms with Crippen molar-refractivity contribution in [3.05, 3.63) is 27.9 Å². The predicted octanol–water partition coefficient (Wildman–Crippen LogP) is 1.12. The van der Waals surface area contributed by atoms with Crippen molar-refractivity contribution < 1.29 is 14.8 Å². The van der Waals surface area contributed by atoms with Gasteiger partial charge in [0, 0.05) is 19.0 Å². The predicted molar refractivity (Wildman–Crippen MR) is 59.8 cm³/mol. The number of terminal acetylenes is 1. The molecule has 1 aromatic heterocycles. The Bertz CT molecular complexity index is 493. The summed E-state index contributed by atoms with van der Waals surface area (Å²) in [4.78, 5) is 24.3. The summed E-state index contributed by atoms with van der Waals surface area (Å²) in [7, 11) is 0. The average molecular weight is 235 g/mol. The van der Waals surface area contributed by atoms with E-state index in [1.165, 1.54) is 0 Å². The molecule has 17 heavy (non-hydrogen) atoms. The number of carbonyl (C=O) groups is 1. The Kier molecular flexibility index (Phi) is 4.00. The third-order valence-electron chi connectivity index (χ3n) is 1.89. The van der Waals surface area contributed by atoms with Gasteiger partial charge >= 0.3 is 11.7 Å². The second kappa shape index (κ2) is 5.46. The molecule has 0 aromatic carbocycles. The highest BCUT2D eigenvalue weighted by Crippen LogP contribution is 2.20. The van der Waals surface area contributed by atoms with Crippen molar-refractivity contribution in [2.75, 3.05) is 11.9 Å². The van der Waals surface area contributed by atoms with E-state index in [1.807, 2.05) is 0 Å². The smallest absolute Gasteiger partial charge is 0.342 e. The molecule has 2 N–H and O–H groups in total. The normalized spacial score (nSPS) is 9.35. The van der Waals surface area contributed by atoms with Crippen LogP contribution in [0, 0.1) is 22.5 Å². The van der Waals surface area contributed by atoms with Crippen LogP contribution in [0.15, 0.2) is 12.3 Å². The van der Waals surface area contributed by atoms with Gasteiger partial charge in [-0.1, -0.05) is 0 Å². The molecule has 0 spiro atoms. The van der Waals surface area contributed by atoms with Crippen LogP contribution in [0.5, 0.6) is 0 Å². The number of nitro groups is 1. The highest BCUT2D eigenvalue weighted by Gasteiger charge is 2.20. The van der Waals surface area contributed by atoms with Crippen molar-refractivity contribution in [2.45, 2.75) is 6.42 Å². The second-order valence-electron chi connectivity index (χ2n) is 3.03. The summed E-state index contributed by atoms with van der Waals surface area (Å²) in [6.07, 6.45) is 6.39. The molecule has 1 heterocycles. The Morgan fingerprint density at radius 1 is 1.71 bits per heavy atom. The SMILES string of the molecule is C#CCCNc1cc(C(=O)O)c([N+](=O)[O-])cn1. The molecule has 1 aromatic rings. The molecule has 7 nitrogen and oxygen atoms in total. The van der Waals surface area contributed by atoms with Crippen molar-refractivity contribution in [3.8, 4) is 12.3 Å². The molecule has 0 fully saturated rings. The van der Waals surface area contributed by atoms with Crippen molar-refractivity contribution in [1.29, 1.82) is 0 Å². The van der Waals surface area contributed by atoms with E-state index in [2.05, 4.69) is 16.2 Å². The van der Waals surface area contributed by atoms with Crippen LogP contribution in [0.3, 0.4) is 0 Å². The van der Waals surface area contributed by atoms with Crippen LogP contribution in [0.2, 0.25) is 0 Å². The molecule has 88 valence electrons. The molecule has 0 unspecified atom stereocenters. The zero-order valence-electron chi connectivity index (χ0n) is 8.71. The number of aromatic nitrogens is 1. The van der Waals surface area contributed by atoms with Crippen LogP contribution in [0.1, 0.15) is 16.8 Å². The largest absolute Gasteiger partial charge is 0.477 e. The van der Waals surface area contributed by atoms with Crippen molar-refractivity contribution in [1.82, 2.24) is 4.98 Å². The van der Waals surface area contributed by atoms with E-state index in [0.717, 1.165) is 12.3 Å². The van der Waals surface area contributed by atoms with Crippen LogP contribution < -0.4 is 5.32 Å². The fourth-order valence-electron chi connectivity index (χ4n) is 1.12.